The maximum atomic E-state index is 13.3. The number of hydrogen-bond acceptors (Lipinski definition) is 4. The number of pyridine rings is 1. The fourth-order valence-electron chi connectivity index (χ4n) is 1.71. The monoisotopic (exact) mass is 211 g/mol. The lowest BCUT2D eigenvalue weighted by Crippen LogP contribution is -2.44. The summed E-state index contributed by atoms with van der Waals surface area (Å²) in [6.45, 7) is 0.861. The smallest absolute Gasteiger partial charge is 0.143 e. The van der Waals surface area contributed by atoms with Gasteiger partial charge in [0.2, 0.25) is 0 Å². The summed E-state index contributed by atoms with van der Waals surface area (Å²) in [5, 5.41) is 9.25. The summed E-state index contributed by atoms with van der Waals surface area (Å²) in [6, 6.07) is 3.50. The molecule has 1 aromatic rings. The Kier molecular flexibility index (Phi) is 2.73. The molecule has 4 nitrogen and oxygen atoms in total. The largest absolute Gasteiger partial charge is 0.390 e. The van der Waals surface area contributed by atoms with Crippen LogP contribution in [-0.2, 0) is 0 Å². The van der Waals surface area contributed by atoms with Gasteiger partial charge in [0.05, 0.1) is 24.5 Å². The van der Waals surface area contributed by atoms with Crippen LogP contribution in [0.15, 0.2) is 18.3 Å². The lowest BCUT2D eigenvalue weighted by molar-refractivity contribution is 0.0615. The summed E-state index contributed by atoms with van der Waals surface area (Å²) >= 11 is 0. The highest BCUT2D eigenvalue weighted by molar-refractivity contribution is 5.48. The van der Waals surface area contributed by atoms with Crippen molar-refractivity contribution >= 4 is 11.5 Å². The van der Waals surface area contributed by atoms with Gasteiger partial charge in [0.1, 0.15) is 12.0 Å². The first-order valence-electron chi connectivity index (χ1n) is 4.95. The number of nitrogen functional groups attached to an aromatic ring is 1. The molecule has 2 heterocycles. The van der Waals surface area contributed by atoms with Crippen molar-refractivity contribution in [3.63, 3.8) is 0 Å². The molecular formula is C10H14FN3O. The predicted octanol–water partition coefficient (Wildman–Crippen LogP) is 0.573. The normalized spacial score (nSPS) is 26.7. The molecule has 15 heavy (non-hydrogen) atoms. The molecule has 1 fully saturated rings. The van der Waals surface area contributed by atoms with Crippen molar-refractivity contribution in [2.45, 2.75) is 18.7 Å². The standard InChI is InChI=1S/C10H14FN3O/c11-8-6-14(4-3-9(8)15)7-1-2-10(12)13-5-7/h1-2,5,8-9,15H,3-4,6H2,(H2,12,13). The molecule has 5 heteroatoms. The van der Waals surface area contributed by atoms with E-state index in [2.05, 4.69) is 4.98 Å². The molecule has 1 aromatic heterocycles. The zero-order chi connectivity index (χ0) is 10.8. The summed E-state index contributed by atoms with van der Waals surface area (Å²) in [4.78, 5) is 5.81. The van der Waals surface area contributed by atoms with Crippen molar-refractivity contribution in [1.82, 2.24) is 4.98 Å². The number of nitrogens with two attached hydrogens (primary N) is 1. The van der Waals surface area contributed by atoms with Gasteiger partial charge in [-0.25, -0.2) is 9.37 Å². The minimum absolute atomic E-state index is 0.215. The van der Waals surface area contributed by atoms with Gasteiger partial charge in [-0.15, -0.1) is 0 Å². The second kappa shape index (κ2) is 4.02. The van der Waals surface area contributed by atoms with E-state index < -0.39 is 12.3 Å². The van der Waals surface area contributed by atoms with E-state index in [1.807, 2.05) is 11.0 Å². The number of nitrogens with zero attached hydrogens (tertiary/aromatic N) is 2. The lowest BCUT2D eigenvalue weighted by atomic mass is 10.1. The molecule has 0 aromatic carbocycles. The minimum Gasteiger partial charge on any atom is -0.390 e. The number of rotatable bonds is 1. The topological polar surface area (TPSA) is 62.4 Å². The zero-order valence-corrected chi connectivity index (χ0v) is 8.31. The van der Waals surface area contributed by atoms with Crippen LogP contribution in [0.2, 0.25) is 0 Å². The number of halogens is 1. The Labute approximate surface area is 87.5 Å². The summed E-state index contributed by atoms with van der Waals surface area (Å²) < 4.78 is 13.3. The Morgan fingerprint density at radius 2 is 2.33 bits per heavy atom. The van der Waals surface area contributed by atoms with Gasteiger partial charge in [-0.2, -0.15) is 0 Å². The van der Waals surface area contributed by atoms with Crippen LogP contribution in [0.25, 0.3) is 0 Å². The summed E-state index contributed by atoms with van der Waals surface area (Å²) in [5.41, 5.74) is 6.31. The molecule has 3 N–H and O–H groups in total. The highest BCUT2D eigenvalue weighted by atomic mass is 19.1. The molecule has 0 radical (unpaired) electrons. The lowest BCUT2D eigenvalue weighted by Gasteiger charge is -2.33. The Morgan fingerprint density at radius 3 is 2.93 bits per heavy atom. The second-order valence-electron chi connectivity index (χ2n) is 3.76. The first kappa shape index (κ1) is 10.2. The molecule has 0 bridgehead atoms. The fourth-order valence-corrected chi connectivity index (χ4v) is 1.71. The second-order valence-corrected chi connectivity index (χ2v) is 3.76. The van der Waals surface area contributed by atoms with E-state index in [1.54, 1.807) is 12.3 Å². The number of aliphatic hydroxyl groups excluding tert-OH is 1. The Morgan fingerprint density at radius 1 is 1.53 bits per heavy atom. The van der Waals surface area contributed by atoms with Crippen molar-refractivity contribution < 1.29 is 9.50 Å². The van der Waals surface area contributed by atoms with E-state index in [0.29, 0.717) is 18.8 Å². The van der Waals surface area contributed by atoms with Crippen LogP contribution in [0.4, 0.5) is 15.9 Å². The van der Waals surface area contributed by atoms with Gasteiger partial charge in [0.15, 0.2) is 0 Å². The van der Waals surface area contributed by atoms with Crippen LogP contribution in [0, 0.1) is 0 Å². The Hall–Kier alpha value is -1.36. The van der Waals surface area contributed by atoms with E-state index >= 15 is 0 Å². The third kappa shape index (κ3) is 2.18. The van der Waals surface area contributed by atoms with Crippen molar-refractivity contribution in [2.24, 2.45) is 0 Å². The molecule has 2 unspecified atom stereocenters. The summed E-state index contributed by atoms with van der Waals surface area (Å²) in [5.74, 6) is 0.451. The molecule has 1 saturated heterocycles. The third-order valence-corrected chi connectivity index (χ3v) is 2.64. The molecule has 0 spiro atoms. The SMILES string of the molecule is Nc1ccc(N2CCC(O)C(F)C2)cn1. The van der Waals surface area contributed by atoms with Crippen molar-refractivity contribution in [2.75, 3.05) is 23.7 Å². The van der Waals surface area contributed by atoms with Crippen LogP contribution in [-0.4, -0.2) is 35.5 Å². The molecule has 1 aliphatic heterocycles. The van der Waals surface area contributed by atoms with Crippen molar-refractivity contribution in [3.8, 4) is 0 Å². The molecule has 82 valence electrons. The number of hydrogen-bond donors (Lipinski definition) is 2. The molecule has 0 saturated carbocycles. The van der Waals surface area contributed by atoms with E-state index in [0.717, 1.165) is 5.69 Å². The maximum Gasteiger partial charge on any atom is 0.143 e. The number of alkyl halides is 1. The van der Waals surface area contributed by atoms with Gasteiger partial charge in [0.25, 0.3) is 0 Å². The van der Waals surface area contributed by atoms with Crippen LogP contribution >= 0.6 is 0 Å². The highest BCUT2D eigenvalue weighted by Crippen LogP contribution is 2.21. The van der Waals surface area contributed by atoms with E-state index in [4.69, 9.17) is 5.73 Å². The van der Waals surface area contributed by atoms with Crippen molar-refractivity contribution in [1.29, 1.82) is 0 Å². The van der Waals surface area contributed by atoms with Crippen LogP contribution in [0.3, 0.4) is 0 Å². The summed E-state index contributed by atoms with van der Waals surface area (Å²) in [6.07, 6.45) is 0.0602. The minimum atomic E-state index is -1.18. The number of aliphatic hydroxyl groups is 1. The van der Waals surface area contributed by atoms with Gasteiger partial charge < -0.3 is 15.7 Å². The van der Waals surface area contributed by atoms with Crippen LogP contribution in [0.1, 0.15) is 6.42 Å². The fraction of sp³-hybridized carbons (Fsp3) is 0.500. The van der Waals surface area contributed by atoms with Crippen molar-refractivity contribution in [3.05, 3.63) is 18.3 Å². The highest BCUT2D eigenvalue weighted by Gasteiger charge is 2.27. The van der Waals surface area contributed by atoms with Crippen LogP contribution in [0.5, 0.6) is 0 Å². The van der Waals surface area contributed by atoms with E-state index in [9.17, 15) is 9.50 Å². The van der Waals surface area contributed by atoms with Crippen LogP contribution < -0.4 is 10.6 Å². The van der Waals surface area contributed by atoms with Gasteiger partial charge in [-0.3, -0.25) is 0 Å². The van der Waals surface area contributed by atoms with E-state index in [1.165, 1.54) is 0 Å². The first-order chi connectivity index (χ1) is 7.16. The van der Waals surface area contributed by atoms with Gasteiger partial charge in [0, 0.05) is 6.54 Å². The average molecular weight is 211 g/mol. The maximum absolute atomic E-state index is 13.3. The molecule has 0 aliphatic carbocycles. The molecule has 2 rings (SSSR count). The molecule has 1 aliphatic rings. The first-order valence-corrected chi connectivity index (χ1v) is 4.95. The molecular weight excluding hydrogens is 197 g/mol. The Bertz CT molecular complexity index is 330. The number of aromatic nitrogens is 1. The molecule has 2 atom stereocenters. The summed E-state index contributed by atoms with van der Waals surface area (Å²) in [7, 11) is 0. The number of anilines is 2. The predicted molar refractivity (Wildman–Crippen MR) is 56.4 cm³/mol. The molecule has 0 amide bonds. The third-order valence-electron chi connectivity index (χ3n) is 2.64. The zero-order valence-electron chi connectivity index (χ0n) is 8.31. The Balaban J connectivity index is 2.08. The van der Waals surface area contributed by atoms with Gasteiger partial charge >= 0.3 is 0 Å². The van der Waals surface area contributed by atoms with E-state index in [-0.39, 0.29) is 6.54 Å². The number of piperidine rings is 1. The van der Waals surface area contributed by atoms with Gasteiger partial charge in [-0.05, 0) is 18.6 Å². The quantitative estimate of drug-likeness (QED) is 0.713. The average Bonchev–Trinajstić information content (AvgIpc) is 2.23. The van der Waals surface area contributed by atoms with Gasteiger partial charge in [-0.1, -0.05) is 0 Å².